The van der Waals surface area contributed by atoms with E-state index in [0.717, 1.165) is 45.1 Å². The number of nitrogens with zero attached hydrogens (tertiary/aromatic N) is 2. The molecule has 0 aliphatic carbocycles. The number of halogens is 1. The molecule has 2 N–H and O–H groups in total. The van der Waals surface area contributed by atoms with E-state index >= 15 is 0 Å². The number of pyridine rings is 1. The van der Waals surface area contributed by atoms with Gasteiger partial charge in [0.25, 0.3) is 5.91 Å². The molecule has 1 amide bonds. The minimum atomic E-state index is -0.373. The molecule has 1 aliphatic rings. The molecule has 2 heterocycles. The molecule has 132 valence electrons. The van der Waals surface area contributed by atoms with Gasteiger partial charge in [0.1, 0.15) is 11.6 Å². The molecule has 1 aromatic heterocycles. The number of rotatable bonds is 6. The third-order valence-corrected chi connectivity index (χ3v) is 3.97. The van der Waals surface area contributed by atoms with Gasteiger partial charge in [-0.25, -0.2) is 9.37 Å². The second-order valence-electron chi connectivity index (χ2n) is 5.77. The van der Waals surface area contributed by atoms with Crippen molar-refractivity contribution >= 4 is 17.4 Å². The number of benzene rings is 1. The molecule has 0 unspecified atom stereocenters. The molecule has 25 heavy (non-hydrogen) atoms. The molecular formula is C18H21FN4O2. The molecule has 1 aromatic carbocycles. The van der Waals surface area contributed by atoms with Crippen molar-refractivity contribution in [3.05, 3.63) is 54.0 Å². The van der Waals surface area contributed by atoms with Gasteiger partial charge in [-0.15, -0.1) is 0 Å². The van der Waals surface area contributed by atoms with E-state index < -0.39 is 0 Å². The van der Waals surface area contributed by atoms with E-state index in [4.69, 9.17) is 4.74 Å². The van der Waals surface area contributed by atoms with Crippen molar-refractivity contribution in [1.29, 1.82) is 0 Å². The predicted molar refractivity (Wildman–Crippen MR) is 94.3 cm³/mol. The van der Waals surface area contributed by atoms with Gasteiger partial charge in [-0.3, -0.25) is 9.69 Å². The summed E-state index contributed by atoms with van der Waals surface area (Å²) in [5, 5.41) is 6.00. The van der Waals surface area contributed by atoms with Gasteiger partial charge in [0.2, 0.25) is 0 Å². The maximum atomic E-state index is 12.9. The Balaban J connectivity index is 1.46. The fraction of sp³-hybridized carbons (Fsp3) is 0.333. The van der Waals surface area contributed by atoms with Crippen LogP contribution in [0.15, 0.2) is 42.6 Å². The Morgan fingerprint density at radius 2 is 1.92 bits per heavy atom. The van der Waals surface area contributed by atoms with Crippen LogP contribution in [-0.4, -0.2) is 55.2 Å². The fourth-order valence-electron chi connectivity index (χ4n) is 2.55. The summed E-state index contributed by atoms with van der Waals surface area (Å²) in [6.45, 7) is 5.30. The van der Waals surface area contributed by atoms with Crippen molar-refractivity contribution < 1.29 is 13.9 Å². The summed E-state index contributed by atoms with van der Waals surface area (Å²) in [4.78, 5) is 18.6. The molecule has 0 spiro atoms. The number of ether oxygens (including phenoxy) is 1. The number of hydrogen-bond donors (Lipinski definition) is 2. The van der Waals surface area contributed by atoms with Crippen LogP contribution in [0.2, 0.25) is 0 Å². The molecule has 0 radical (unpaired) electrons. The van der Waals surface area contributed by atoms with Crippen molar-refractivity contribution in [2.75, 3.05) is 50.0 Å². The van der Waals surface area contributed by atoms with Crippen molar-refractivity contribution in [1.82, 2.24) is 9.88 Å². The minimum Gasteiger partial charge on any atom is -0.383 e. The molecule has 0 saturated carbocycles. The second kappa shape index (κ2) is 8.55. The van der Waals surface area contributed by atoms with Gasteiger partial charge < -0.3 is 15.4 Å². The monoisotopic (exact) mass is 344 g/mol. The summed E-state index contributed by atoms with van der Waals surface area (Å²) >= 11 is 0. The first-order valence-electron chi connectivity index (χ1n) is 8.28. The van der Waals surface area contributed by atoms with Crippen LogP contribution in [0.1, 0.15) is 10.4 Å². The number of nitrogens with one attached hydrogen (secondary N) is 2. The van der Waals surface area contributed by atoms with Crippen LogP contribution in [0.3, 0.4) is 0 Å². The summed E-state index contributed by atoms with van der Waals surface area (Å²) in [5.41, 5.74) is 1.28. The van der Waals surface area contributed by atoms with Crippen LogP contribution in [0.4, 0.5) is 15.9 Å². The van der Waals surface area contributed by atoms with Crippen LogP contribution < -0.4 is 10.6 Å². The van der Waals surface area contributed by atoms with Crippen LogP contribution in [0, 0.1) is 5.82 Å². The first-order valence-corrected chi connectivity index (χ1v) is 8.28. The topological polar surface area (TPSA) is 66.5 Å². The van der Waals surface area contributed by atoms with E-state index in [2.05, 4.69) is 20.5 Å². The van der Waals surface area contributed by atoms with Crippen LogP contribution >= 0.6 is 0 Å². The first kappa shape index (κ1) is 17.3. The Kier molecular flexibility index (Phi) is 5.92. The standard InChI is InChI=1S/C18H21FN4O2/c19-15-3-1-14(2-4-15)18(24)22-17-6-5-16(13-21-17)20-7-8-23-9-11-25-12-10-23/h1-6,13,20H,7-12H2,(H,21,22,24). The number of hydrogen-bond acceptors (Lipinski definition) is 5. The van der Waals surface area contributed by atoms with E-state index in [1.54, 1.807) is 12.3 Å². The van der Waals surface area contributed by atoms with Gasteiger partial charge in [0.15, 0.2) is 0 Å². The highest BCUT2D eigenvalue weighted by molar-refractivity contribution is 6.03. The molecular weight excluding hydrogens is 323 g/mol. The van der Waals surface area contributed by atoms with Gasteiger partial charge in [-0.2, -0.15) is 0 Å². The van der Waals surface area contributed by atoms with Crippen molar-refractivity contribution in [2.45, 2.75) is 0 Å². The van der Waals surface area contributed by atoms with E-state index in [1.165, 1.54) is 24.3 Å². The molecule has 7 heteroatoms. The second-order valence-corrected chi connectivity index (χ2v) is 5.77. The highest BCUT2D eigenvalue weighted by atomic mass is 19.1. The van der Waals surface area contributed by atoms with Crippen LogP contribution in [0.25, 0.3) is 0 Å². The Hall–Kier alpha value is -2.51. The smallest absolute Gasteiger partial charge is 0.256 e. The Morgan fingerprint density at radius 3 is 2.60 bits per heavy atom. The van der Waals surface area contributed by atoms with Gasteiger partial charge in [-0.05, 0) is 36.4 Å². The largest absolute Gasteiger partial charge is 0.383 e. The molecule has 1 saturated heterocycles. The van der Waals surface area contributed by atoms with Crippen molar-refractivity contribution in [3.8, 4) is 0 Å². The van der Waals surface area contributed by atoms with Gasteiger partial charge in [-0.1, -0.05) is 0 Å². The van der Waals surface area contributed by atoms with Crippen LogP contribution in [0.5, 0.6) is 0 Å². The average molecular weight is 344 g/mol. The molecule has 0 atom stereocenters. The molecule has 3 rings (SSSR count). The van der Waals surface area contributed by atoms with E-state index in [9.17, 15) is 9.18 Å². The van der Waals surface area contributed by atoms with E-state index in [-0.39, 0.29) is 11.7 Å². The molecule has 0 bridgehead atoms. The zero-order valence-electron chi connectivity index (χ0n) is 13.9. The molecule has 6 nitrogen and oxygen atoms in total. The normalized spacial score (nSPS) is 14.9. The first-order chi connectivity index (χ1) is 12.2. The lowest BCUT2D eigenvalue weighted by molar-refractivity contribution is 0.0398. The van der Waals surface area contributed by atoms with Gasteiger partial charge in [0.05, 0.1) is 25.1 Å². The SMILES string of the molecule is O=C(Nc1ccc(NCCN2CCOCC2)cn1)c1ccc(F)cc1. The number of aromatic nitrogens is 1. The fourth-order valence-corrected chi connectivity index (χ4v) is 2.55. The minimum absolute atomic E-state index is 0.319. The number of anilines is 2. The maximum absolute atomic E-state index is 12.9. The Bertz CT molecular complexity index is 685. The molecule has 1 fully saturated rings. The maximum Gasteiger partial charge on any atom is 0.256 e. The lowest BCUT2D eigenvalue weighted by Crippen LogP contribution is -2.39. The summed E-state index contributed by atoms with van der Waals surface area (Å²) in [6.07, 6.45) is 1.68. The highest BCUT2D eigenvalue weighted by Crippen LogP contribution is 2.11. The number of carbonyl (C=O) groups is 1. The van der Waals surface area contributed by atoms with E-state index in [1.807, 2.05) is 6.07 Å². The van der Waals surface area contributed by atoms with Gasteiger partial charge in [0, 0.05) is 31.7 Å². The lowest BCUT2D eigenvalue weighted by Gasteiger charge is -2.26. The predicted octanol–water partition coefficient (Wildman–Crippen LogP) is 2.22. The van der Waals surface area contributed by atoms with Gasteiger partial charge >= 0.3 is 0 Å². The Labute approximate surface area is 146 Å². The molecule has 1 aliphatic heterocycles. The third kappa shape index (κ3) is 5.23. The Morgan fingerprint density at radius 1 is 1.16 bits per heavy atom. The number of amides is 1. The number of carbonyl (C=O) groups excluding carboxylic acids is 1. The van der Waals surface area contributed by atoms with Crippen molar-refractivity contribution in [2.24, 2.45) is 0 Å². The third-order valence-electron chi connectivity index (χ3n) is 3.97. The quantitative estimate of drug-likeness (QED) is 0.841. The van der Waals surface area contributed by atoms with Crippen molar-refractivity contribution in [3.63, 3.8) is 0 Å². The van der Waals surface area contributed by atoms with Crippen LogP contribution in [-0.2, 0) is 4.74 Å². The zero-order valence-corrected chi connectivity index (χ0v) is 13.9. The lowest BCUT2D eigenvalue weighted by atomic mass is 10.2. The molecule has 2 aromatic rings. The average Bonchev–Trinajstić information content (AvgIpc) is 2.64. The summed E-state index contributed by atoms with van der Waals surface area (Å²) in [5.74, 6) is -0.240. The van der Waals surface area contributed by atoms with E-state index in [0.29, 0.717) is 11.4 Å². The summed E-state index contributed by atoms with van der Waals surface area (Å²) in [6, 6.07) is 8.98. The summed E-state index contributed by atoms with van der Waals surface area (Å²) in [7, 11) is 0. The highest BCUT2D eigenvalue weighted by Gasteiger charge is 2.09. The summed E-state index contributed by atoms with van der Waals surface area (Å²) < 4.78 is 18.2. The number of morpholine rings is 1. The zero-order chi connectivity index (χ0) is 17.5.